The van der Waals surface area contributed by atoms with Crippen molar-refractivity contribution < 1.29 is 26.5 Å². The molecule has 1 fully saturated rings. The summed E-state index contributed by atoms with van der Waals surface area (Å²) in [6, 6.07) is 0. The van der Waals surface area contributed by atoms with Crippen LogP contribution in [0.1, 0.15) is 19.3 Å². The number of hydrogen-bond donors (Lipinski definition) is 0. The summed E-state index contributed by atoms with van der Waals surface area (Å²) in [5.74, 6) is -0.432. The van der Waals surface area contributed by atoms with Crippen LogP contribution in [0.5, 0.6) is 0 Å². The zero-order valence-corrected chi connectivity index (χ0v) is 7.17. The van der Waals surface area contributed by atoms with Crippen molar-refractivity contribution in [1.29, 1.82) is 0 Å². The van der Waals surface area contributed by atoms with Gasteiger partial charge >= 0.3 is 17.1 Å². The third-order valence-electron chi connectivity index (χ3n) is 1.93. The maximum atomic E-state index is 5.42. The molecule has 1 spiro atoms. The summed E-state index contributed by atoms with van der Waals surface area (Å²) in [6.07, 6.45) is 8.40. The van der Waals surface area contributed by atoms with E-state index >= 15 is 0 Å². The van der Waals surface area contributed by atoms with Gasteiger partial charge in [0.25, 0.3) is 0 Å². The Labute approximate surface area is 77.4 Å². The monoisotopic (exact) mass is 202 g/mol. The Bertz CT molecular complexity index is 150. The van der Waals surface area contributed by atoms with E-state index in [0.29, 0.717) is 0 Å². The first-order valence-corrected chi connectivity index (χ1v) is 3.79. The largest absolute Gasteiger partial charge is 1.00 e. The average Bonchev–Trinajstić information content (AvgIpc) is 2.39. The summed E-state index contributed by atoms with van der Waals surface area (Å²) < 4.78 is 10.8. The van der Waals surface area contributed by atoms with E-state index in [1.807, 2.05) is 6.08 Å². The number of allylic oxidation sites excluding steroid dienone is 1. The van der Waals surface area contributed by atoms with Crippen molar-refractivity contribution in [3.05, 3.63) is 12.2 Å². The Balaban J connectivity index is 0.000000605. The molecule has 0 amide bonds. The molecule has 0 atom stereocenters. The minimum Gasteiger partial charge on any atom is -0.439 e. The van der Waals surface area contributed by atoms with Crippen molar-refractivity contribution in [1.82, 2.24) is 0 Å². The Kier molecular flexibility index (Phi) is 3.14. The first-order chi connectivity index (χ1) is 4.91. The van der Waals surface area contributed by atoms with E-state index in [1.165, 1.54) is 0 Å². The molecule has 1 aliphatic heterocycles. The van der Waals surface area contributed by atoms with Gasteiger partial charge in [0.1, 0.15) is 0 Å². The first kappa shape index (κ1) is 9.27. The zero-order chi connectivity index (χ0) is 6.86. The number of hydrogen-bond acceptors (Lipinski definition) is 2. The van der Waals surface area contributed by atoms with Crippen molar-refractivity contribution in [3.63, 3.8) is 0 Å². The van der Waals surface area contributed by atoms with E-state index < -0.39 is 5.79 Å². The quantitative estimate of drug-likeness (QED) is 0.435. The Morgan fingerprint density at radius 3 is 2.55 bits per heavy atom. The molecule has 0 N–H and O–H groups in total. The standard InChI is InChI=1S/C8H11O2.Cu/c1-2-4-8(5-3-1)9-6-7-10-8;/h2H,1,3,5-7H2;/q-1;+1. The van der Waals surface area contributed by atoms with Crippen molar-refractivity contribution in [2.75, 3.05) is 13.2 Å². The molecule has 0 saturated carbocycles. The normalized spacial score (nSPS) is 26.9. The van der Waals surface area contributed by atoms with E-state index in [1.54, 1.807) is 0 Å². The second kappa shape index (κ2) is 3.72. The van der Waals surface area contributed by atoms with E-state index in [2.05, 4.69) is 6.08 Å². The third-order valence-corrected chi connectivity index (χ3v) is 1.93. The van der Waals surface area contributed by atoms with Crippen LogP contribution in [0.2, 0.25) is 0 Å². The molecule has 1 heterocycles. The van der Waals surface area contributed by atoms with Gasteiger partial charge in [-0.05, 0) is 6.42 Å². The summed E-state index contributed by atoms with van der Waals surface area (Å²) >= 11 is 0. The van der Waals surface area contributed by atoms with E-state index in [0.717, 1.165) is 32.5 Å². The van der Waals surface area contributed by atoms with Crippen molar-refractivity contribution >= 4 is 0 Å². The van der Waals surface area contributed by atoms with Crippen LogP contribution in [0.25, 0.3) is 0 Å². The summed E-state index contributed by atoms with van der Waals surface area (Å²) in [7, 11) is 0. The van der Waals surface area contributed by atoms with Gasteiger partial charge in [0.05, 0.1) is 13.2 Å². The predicted molar refractivity (Wildman–Crippen MR) is 36.3 cm³/mol. The number of ether oxygens (including phenoxy) is 2. The Morgan fingerprint density at radius 1 is 1.27 bits per heavy atom. The van der Waals surface area contributed by atoms with Crippen molar-refractivity contribution in [2.24, 2.45) is 0 Å². The molecular formula is C8H11CuO2. The van der Waals surface area contributed by atoms with E-state index in [9.17, 15) is 0 Å². The molecule has 0 aromatic heterocycles. The fourth-order valence-corrected chi connectivity index (χ4v) is 1.42. The van der Waals surface area contributed by atoms with Crippen LogP contribution in [-0.2, 0) is 26.5 Å². The molecule has 0 bridgehead atoms. The van der Waals surface area contributed by atoms with Crippen LogP contribution < -0.4 is 0 Å². The minimum atomic E-state index is -0.432. The molecule has 2 nitrogen and oxygen atoms in total. The SMILES string of the molecule is [C-]1=CCCCC12OCCO2.[Cu+]. The molecule has 0 unspecified atom stereocenters. The predicted octanol–water partition coefficient (Wildman–Crippen LogP) is 1.27. The van der Waals surface area contributed by atoms with E-state index in [-0.39, 0.29) is 17.1 Å². The van der Waals surface area contributed by atoms with E-state index in [4.69, 9.17) is 9.47 Å². The van der Waals surface area contributed by atoms with Gasteiger partial charge in [0.15, 0.2) is 0 Å². The van der Waals surface area contributed by atoms with Gasteiger partial charge in [-0.1, -0.05) is 12.8 Å². The Hall–Kier alpha value is 0.179. The molecule has 2 rings (SSSR count). The second-order valence-corrected chi connectivity index (χ2v) is 2.69. The molecule has 11 heavy (non-hydrogen) atoms. The van der Waals surface area contributed by atoms with Crippen LogP contribution in [0.15, 0.2) is 6.08 Å². The molecule has 1 aliphatic carbocycles. The fourth-order valence-electron chi connectivity index (χ4n) is 1.42. The summed E-state index contributed by atoms with van der Waals surface area (Å²) in [6.45, 7) is 1.45. The molecule has 66 valence electrons. The molecule has 0 radical (unpaired) electrons. The maximum absolute atomic E-state index is 5.42. The molecule has 0 aromatic rings. The molecule has 3 heteroatoms. The topological polar surface area (TPSA) is 18.5 Å². The fraction of sp³-hybridized carbons (Fsp3) is 0.750. The zero-order valence-electron chi connectivity index (χ0n) is 6.23. The summed E-state index contributed by atoms with van der Waals surface area (Å²) in [5, 5.41) is 0. The van der Waals surface area contributed by atoms with Gasteiger partial charge in [0, 0.05) is 5.79 Å². The van der Waals surface area contributed by atoms with Gasteiger partial charge in [-0.25, -0.2) is 0 Å². The average molecular weight is 203 g/mol. The summed E-state index contributed by atoms with van der Waals surface area (Å²) in [4.78, 5) is 0. The maximum Gasteiger partial charge on any atom is 1.00 e. The van der Waals surface area contributed by atoms with Gasteiger partial charge < -0.3 is 15.5 Å². The van der Waals surface area contributed by atoms with Crippen molar-refractivity contribution in [2.45, 2.75) is 25.0 Å². The van der Waals surface area contributed by atoms with Gasteiger partial charge in [-0.3, -0.25) is 6.08 Å². The van der Waals surface area contributed by atoms with Crippen LogP contribution in [0.3, 0.4) is 0 Å². The van der Waals surface area contributed by atoms with Gasteiger partial charge in [0.2, 0.25) is 0 Å². The van der Waals surface area contributed by atoms with Gasteiger partial charge in [-0.2, -0.15) is 0 Å². The summed E-state index contributed by atoms with van der Waals surface area (Å²) in [5.41, 5.74) is 0. The molecular weight excluding hydrogens is 192 g/mol. The van der Waals surface area contributed by atoms with Gasteiger partial charge in [-0.15, -0.1) is 0 Å². The third kappa shape index (κ3) is 1.85. The molecule has 2 aliphatic rings. The van der Waals surface area contributed by atoms with Crippen LogP contribution >= 0.6 is 0 Å². The van der Waals surface area contributed by atoms with Crippen LogP contribution in [-0.4, -0.2) is 19.0 Å². The van der Waals surface area contributed by atoms with Crippen molar-refractivity contribution in [3.8, 4) is 0 Å². The van der Waals surface area contributed by atoms with Crippen LogP contribution in [0.4, 0.5) is 0 Å². The second-order valence-electron chi connectivity index (χ2n) is 2.69. The first-order valence-electron chi connectivity index (χ1n) is 3.79. The van der Waals surface area contributed by atoms with Crippen LogP contribution in [0, 0.1) is 6.08 Å². The minimum absolute atomic E-state index is 0. The Morgan fingerprint density at radius 2 is 2.00 bits per heavy atom. The molecule has 1 saturated heterocycles. The molecule has 0 aromatic carbocycles. The number of rotatable bonds is 0. The smallest absolute Gasteiger partial charge is 0.439 e.